The number of nitrogens with two attached hydrogens (primary N) is 1. The second-order valence-electron chi connectivity index (χ2n) is 6.20. The number of para-hydroxylation sites is 1. The van der Waals surface area contributed by atoms with E-state index in [1.165, 1.54) is 11.1 Å². The third-order valence-corrected chi connectivity index (χ3v) is 4.60. The van der Waals surface area contributed by atoms with Crippen molar-refractivity contribution in [1.29, 1.82) is 0 Å². The summed E-state index contributed by atoms with van der Waals surface area (Å²) in [6, 6.07) is 10.3. The molecule has 0 amide bonds. The highest BCUT2D eigenvalue weighted by Gasteiger charge is 2.20. The fraction of sp³-hybridized carbons (Fsp3) is 0.429. The topological polar surface area (TPSA) is 53.7 Å². The molecule has 2 aromatic carbocycles. The molecular formula is C21H29NO3. The molecule has 0 heterocycles. The first-order valence-corrected chi connectivity index (χ1v) is 8.69. The zero-order chi connectivity index (χ0) is 18.4. The van der Waals surface area contributed by atoms with E-state index in [2.05, 4.69) is 32.0 Å². The molecule has 1 unspecified atom stereocenters. The number of aryl methyl sites for hydroxylation is 2. The van der Waals surface area contributed by atoms with E-state index in [0.717, 1.165) is 34.8 Å². The predicted molar refractivity (Wildman–Crippen MR) is 102 cm³/mol. The SMILES string of the molecule is CCOc1cccc(CC(CN)c2cc(C)c(C)cc2OC)c1OC. The van der Waals surface area contributed by atoms with Crippen molar-refractivity contribution >= 4 is 0 Å². The average Bonchev–Trinajstić information content (AvgIpc) is 2.62. The van der Waals surface area contributed by atoms with Crippen LogP contribution in [0.1, 0.15) is 35.1 Å². The van der Waals surface area contributed by atoms with E-state index < -0.39 is 0 Å². The van der Waals surface area contributed by atoms with Crippen LogP contribution in [0.2, 0.25) is 0 Å². The Kier molecular flexibility index (Phi) is 6.71. The Labute approximate surface area is 150 Å². The number of hydrogen-bond donors (Lipinski definition) is 1. The largest absolute Gasteiger partial charge is 0.496 e. The Hall–Kier alpha value is -2.20. The number of methoxy groups -OCH3 is 2. The van der Waals surface area contributed by atoms with Crippen molar-refractivity contribution in [3.05, 3.63) is 52.6 Å². The minimum atomic E-state index is 0.139. The van der Waals surface area contributed by atoms with Gasteiger partial charge in [-0.25, -0.2) is 0 Å². The Morgan fingerprint density at radius 1 is 1.00 bits per heavy atom. The molecule has 0 spiro atoms. The van der Waals surface area contributed by atoms with Crippen molar-refractivity contribution in [2.45, 2.75) is 33.1 Å². The second-order valence-corrected chi connectivity index (χ2v) is 6.20. The van der Waals surface area contributed by atoms with Crippen LogP contribution in [0, 0.1) is 13.8 Å². The molecule has 0 saturated heterocycles. The van der Waals surface area contributed by atoms with Crippen LogP contribution >= 0.6 is 0 Å². The standard InChI is InChI=1S/C21H29NO3/c1-6-25-19-9-7-8-16(21(19)24-5)12-17(13-22)18-10-14(2)15(3)11-20(18)23-4/h7-11,17H,6,12-13,22H2,1-5H3. The van der Waals surface area contributed by atoms with Crippen molar-refractivity contribution < 1.29 is 14.2 Å². The smallest absolute Gasteiger partial charge is 0.163 e. The maximum atomic E-state index is 6.12. The normalized spacial score (nSPS) is 11.9. The molecule has 2 aromatic rings. The summed E-state index contributed by atoms with van der Waals surface area (Å²) in [7, 11) is 3.38. The molecular weight excluding hydrogens is 314 g/mol. The van der Waals surface area contributed by atoms with Gasteiger partial charge in [0.15, 0.2) is 11.5 Å². The first-order chi connectivity index (χ1) is 12.0. The van der Waals surface area contributed by atoms with E-state index >= 15 is 0 Å². The van der Waals surface area contributed by atoms with E-state index in [0.29, 0.717) is 13.2 Å². The molecule has 0 saturated carbocycles. The van der Waals surface area contributed by atoms with Crippen molar-refractivity contribution in [3.8, 4) is 17.2 Å². The van der Waals surface area contributed by atoms with Crippen LogP contribution < -0.4 is 19.9 Å². The summed E-state index contributed by atoms with van der Waals surface area (Å²) in [6.45, 7) is 7.30. The molecule has 2 N–H and O–H groups in total. The van der Waals surface area contributed by atoms with Gasteiger partial charge in [0.1, 0.15) is 5.75 Å². The molecule has 0 aliphatic carbocycles. The van der Waals surface area contributed by atoms with Gasteiger partial charge in [-0.1, -0.05) is 18.2 Å². The van der Waals surface area contributed by atoms with Gasteiger partial charge in [0.2, 0.25) is 0 Å². The van der Waals surface area contributed by atoms with Gasteiger partial charge in [-0.2, -0.15) is 0 Å². The summed E-state index contributed by atoms with van der Waals surface area (Å²) in [5, 5.41) is 0. The monoisotopic (exact) mass is 343 g/mol. The van der Waals surface area contributed by atoms with Crippen molar-refractivity contribution in [1.82, 2.24) is 0 Å². The van der Waals surface area contributed by atoms with Gasteiger partial charge < -0.3 is 19.9 Å². The quantitative estimate of drug-likeness (QED) is 0.787. The predicted octanol–water partition coefficient (Wildman–Crippen LogP) is 4.00. The lowest BCUT2D eigenvalue weighted by molar-refractivity contribution is 0.308. The summed E-state index contributed by atoms with van der Waals surface area (Å²) in [6.07, 6.45) is 0.763. The summed E-state index contributed by atoms with van der Waals surface area (Å²) >= 11 is 0. The zero-order valence-electron chi connectivity index (χ0n) is 15.9. The maximum Gasteiger partial charge on any atom is 0.163 e. The zero-order valence-corrected chi connectivity index (χ0v) is 15.9. The summed E-state index contributed by atoms with van der Waals surface area (Å²) in [5.74, 6) is 2.58. The molecule has 136 valence electrons. The van der Waals surface area contributed by atoms with Crippen LogP contribution in [0.3, 0.4) is 0 Å². The fourth-order valence-corrected chi connectivity index (χ4v) is 3.12. The van der Waals surface area contributed by atoms with Gasteiger partial charge in [-0.3, -0.25) is 0 Å². The van der Waals surface area contributed by atoms with Gasteiger partial charge in [0.05, 0.1) is 20.8 Å². The van der Waals surface area contributed by atoms with Gasteiger partial charge in [-0.15, -0.1) is 0 Å². The Morgan fingerprint density at radius 3 is 2.32 bits per heavy atom. The number of ether oxygens (including phenoxy) is 3. The minimum absolute atomic E-state index is 0.139. The van der Waals surface area contributed by atoms with E-state index in [4.69, 9.17) is 19.9 Å². The van der Waals surface area contributed by atoms with Crippen LogP contribution in [-0.2, 0) is 6.42 Å². The molecule has 4 heteroatoms. The molecule has 1 atom stereocenters. The summed E-state index contributed by atoms with van der Waals surface area (Å²) < 4.78 is 16.9. The first kappa shape index (κ1) is 19.1. The van der Waals surface area contributed by atoms with Crippen molar-refractivity contribution in [2.75, 3.05) is 27.4 Å². The molecule has 0 bridgehead atoms. The molecule has 2 rings (SSSR count). The van der Waals surface area contributed by atoms with Crippen LogP contribution in [-0.4, -0.2) is 27.4 Å². The fourth-order valence-electron chi connectivity index (χ4n) is 3.12. The number of benzene rings is 2. The summed E-state index contributed by atoms with van der Waals surface area (Å²) in [4.78, 5) is 0. The average molecular weight is 343 g/mol. The van der Waals surface area contributed by atoms with Crippen LogP contribution in [0.25, 0.3) is 0 Å². The Bertz CT molecular complexity index is 713. The minimum Gasteiger partial charge on any atom is -0.496 e. The number of rotatable bonds is 8. The van der Waals surface area contributed by atoms with E-state index in [1.807, 2.05) is 19.1 Å². The first-order valence-electron chi connectivity index (χ1n) is 8.69. The highest BCUT2D eigenvalue weighted by molar-refractivity contribution is 5.49. The summed E-state index contributed by atoms with van der Waals surface area (Å²) in [5.41, 5.74) is 10.8. The molecule has 0 aromatic heterocycles. The van der Waals surface area contributed by atoms with Crippen molar-refractivity contribution in [3.63, 3.8) is 0 Å². The Morgan fingerprint density at radius 2 is 1.72 bits per heavy atom. The molecule has 0 aliphatic heterocycles. The van der Waals surface area contributed by atoms with Crippen LogP contribution in [0.15, 0.2) is 30.3 Å². The molecule has 0 fully saturated rings. The molecule has 0 aliphatic rings. The Balaban J connectivity index is 2.41. The highest BCUT2D eigenvalue weighted by Crippen LogP contribution is 2.37. The van der Waals surface area contributed by atoms with Gasteiger partial charge in [-0.05, 0) is 68.1 Å². The third-order valence-electron chi connectivity index (χ3n) is 4.60. The molecule has 0 radical (unpaired) electrons. The maximum absolute atomic E-state index is 6.12. The van der Waals surface area contributed by atoms with Crippen LogP contribution in [0.5, 0.6) is 17.2 Å². The van der Waals surface area contributed by atoms with E-state index in [-0.39, 0.29) is 5.92 Å². The van der Waals surface area contributed by atoms with E-state index in [9.17, 15) is 0 Å². The van der Waals surface area contributed by atoms with E-state index in [1.54, 1.807) is 14.2 Å². The lowest BCUT2D eigenvalue weighted by atomic mass is 9.89. The third kappa shape index (κ3) is 4.26. The van der Waals surface area contributed by atoms with Gasteiger partial charge in [0.25, 0.3) is 0 Å². The lowest BCUT2D eigenvalue weighted by Crippen LogP contribution is -2.17. The number of hydrogen-bond acceptors (Lipinski definition) is 4. The van der Waals surface area contributed by atoms with Crippen LogP contribution in [0.4, 0.5) is 0 Å². The second kappa shape index (κ2) is 8.77. The molecule has 25 heavy (non-hydrogen) atoms. The van der Waals surface area contributed by atoms with Crippen molar-refractivity contribution in [2.24, 2.45) is 5.73 Å². The molecule has 4 nitrogen and oxygen atoms in total. The highest BCUT2D eigenvalue weighted by atomic mass is 16.5. The van der Waals surface area contributed by atoms with Gasteiger partial charge in [0, 0.05) is 5.92 Å². The lowest BCUT2D eigenvalue weighted by Gasteiger charge is -2.22. The van der Waals surface area contributed by atoms with Gasteiger partial charge >= 0.3 is 0 Å².